The molecule has 1 N–H and O–H groups in total. The Hall–Kier alpha value is -2.24. The molecule has 3 amide bonds. The number of piperazine rings is 1. The highest BCUT2D eigenvalue weighted by atomic mass is 16.5. The molecule has 2 aliphatic heterocycles. The molecule has 0 aliphatic carbocycles. The van der Waals surface area contributed by atoms with E-state index in [2.05, 4.69) is 5.32 Å². The second-order valence-corrected chi connectivity index (χ2v) is 7.38. The third-order valence-corrected chi connectivity index (χ3v) is 4.27. The summed E-state index contributed by atoms with van der Waals surface area (Å²) < 4.78 is 5.48. The molecule has 6 heteroatoms. The van der Waals surface area contributed by atoms with Gasteiger partial charge in [0.2, 0.25) is 0 Å². The number of nitrogens with one attached hydrogen (secondary N) is 1. The summed E-state index contributed by atoms with van der Waals surface area (Å²) in [5.41, 5.74) is 1.55. The van der Waals surface area contributed by atoms with Crippen LogP contribution in [-0.2, 0) is 6.42 Å². The molecular weight excluding hydrogens is 306 g/mol. The summed E-state index contributed by atoms with van der Waals surface area (Å²) in [7, 11) is 0. The number of rotatable bonds is 1. The van der Waals surface area contributed by atoms with Gasteiger partial charge in [0.1, 0.15) is 5.75 Å². The first-order chi connectivity index (χ1) is 11.3. The van der Waals surface area contributed by atoms with Crippen LogP contribution < -0.4 is 10.1 Å². The Morgan fingerprint density at radius 1 is 1.08 bits per heavy atom. The molecular formula is C18H25N3O3. The summed E-state index contributed by atoms with van der Waals surface area (Å²) in [4.78, 5) is 28.4. The van der Waals surface area contributed by atoms with Gasteiger partial charge < -0.3 is 19.9 Å². The number of fused-ring (bicyclic) bond motifs is 1. The summed E-state index contributed by atoms with van der Waals surface area (Å²) >= 11 is 0. The predicted octanol–water partition coefficient (Wildman–Crippen LogP) is 1.89. The smallest absolute Gasteiger partial charge is 0.317 e. The Bertz CT molecular complexity index is 643. The van der Waals surface area contributed by atoms with Crippen LogP contribution in [0.4, 0.5) is 4.79 Å². The molecule has 24 heavy (non-hydrogen) atoms. The van der Waals surface area contributed by atoms with Gasteiger partial charge in [-0.3, -0.25) is 4.79 Å². The molecule has 1 aromatic rings. The van der Waals surface area contributed by atoms with Crippen molar-refractivity contribution in [2.75, 3.05) is 32.8 Å². The predicted molar refractivity (Wildman–Crippen MR) is 91.4 cm³/mol. The Labute approximate surface area is 142 Å². The number of benzene rings is 1. The average Bonchev–Trinajstić information content (AvgIpc) is 3.00. The number of carbonyl (C=O) groups is 2. The molecule has 0 saturated carbocycles. The van der Waals surface area contributed by atoms with Crippen molar-refractivity contribution in [2.24, 2.45) is 0 Å². The van der Waals surface area contributed by atoms with Crippen molar-refractivity contribution < 1.29 is 14.3 Å². The van der Waals surface area contributed by atoms with E-state index in [1.165, 1.54) is 0 Å². The first kappa shape index (κ1) is 16.6. The van der Waals surface area contributed by atoms with Crippen molar-refractivity contribution in [3.63, 3.8) is 0 Å². The molecule has 130 valence electrons. The molecule has 3 rings (SSSR count). The molecule has 0 spiro atoms. The van der Waals surface area contributed by atoms with E-state index in [9.17, 15) is 9.59 Å². The quantitative estimate of drug-likeness (QED) is 0.855. The van der Waals surface area contributed by atoms with E-state index in [0.29, 0.717) is 38.3 Å². The lowest BCUT2D eigenvalue weighted by Crippen LogP contribution is -2.56. The highest BCUT2D eigenvalue weighted by Gasteiger charge is 2.27. The lowest BCUT2D eigenvalue weighted by Gasteiger charge is -2.36. The summed E-state index contributed by atoms with van der Waals surface area (Å²) in [5.74, 6) is 0.913. The number of hydrogen-bond acceptors (Lipinski definition) is 3. The summed E-state index contributed by atoms with van der Waals surface area (Å²) in [6, 6.07) is 5.57. The summed E-state index contributed by atoms with van der Waals surface area (Å²) in [6.07, 6.45) is 0.858. The third kappa shape index (κ3) is 3.63. The molecule has 0 radical (unpaired) electrons. The number of nitrogens with zero attached hydrogens (tertiary/aromatic N) is 2. The molecule has 1 saturated heterocycles. The van der Waals surface area contributed by atoms with Crippen LogP contribution in [0.1, 0.15) is 36.7 Å². The molecule has 0 unspecified atom stereocenters. The van der Waals surface area contributed by atoms with Gasteiger partial charge in [-0.25, -0.2) is 4.79 Å². The zero-order valence-electron chi connectivity index (χ0n) is 14.6. The number of amides is 3. The van der Waals surface area contributed by atoms with E-state index in [1.807, 2.05) is 43.9 Å². The van der Waals surface area contributed by atoms with Gasteiger partial charge in [0.05, 0.1) is 6.61 Å². The highest BCUT2D eigenvalue weighted by Crippen LogP contribution is 2.26. The van der Waals surface area contributed by atoms with Crippen molar-refractivity contribution in [1.82, 2.24) is 15.1 Å². The maximum Gasteiger partial charge on any atom is 0.317 e. The van der Waals surface area contributed by atoms with Gasteiger partial charge in [-0.05, 0) is 44.5 Å². The number of ether oxygens (including phenoxy) is 1. The molecule has 0 aromatic heterocycles. The van der Waals surface area contributed by atoms with Crippen LogP contribution in [0, 0.1) is 0 Å². The van der Waals surface area contributed by atoms with Gasteiger partial charge in [-0.15, -0.1) is 0 Å². The molecule has 1 aromatic carbocycles. The second kappa shape index (κ2) is 6.34. The molecule has 1 fully saturated rings. The largest absolute Gasteiger partial charge is 0.493 e. The van der Waals surface area contributed by atoms with Gasteiger partial charge >= 0.3 is 6.03 Å². The zero-order valence-corrected chi connectivity index (χ0v) is 14.6. The minimum absolute atomic E-state index is 0.0283. The number of urea groups is 1. The standard InChI is InChI=1S/C18H25N3O3/c1-18(2,3)19-17(23)21-9-7-20(8-10-21)16(22)14-4-5-15-13(12-14)6-11-24-15/h4-5,12H,6-11H2,1-3H3,(H,19,23). The molecule has 2 aliphatic rings. The van der Waals surface area contributed by atoms with E-state index in [-0.39, 0.29) is 17.5 Å². The Kier molecular flexibility index (Phi) is 4.39. The minimum atomic E-state index is -0.253. The third-order valence-electron chi connectivity index (χ3n) is 4.27. The monoisotopic (exact) mass is 331 g/mol. The molecule has 0 atom stereocenters. The fraction of sp³-hybridized carbons (Fsp3) is 0.556. The molecule has 2 heterocycles. The van der Waals surface area contributed by atoms with Crippen LogP contribution in [-0.4, -0.2) is 60.1 Å². The normalized spacial score (nSPS) is 17.3. The second-order valence-electron chi connectivity index (χ2n) is 7.38. The van der Waals surface area contributed by atoms with Crippen molar-refractivity contribution in [3.05, 3.63) is 29.3 Å². The average molecular weight is 331 g/mol. The first-order valence-electron chi connectivity index (χ1n) is 8.45. The van der Waals surface area contributed by atoms with Crippen LogP contribution in [0.15, 0.2) is 18.2 Å². The van der Waals surface area contributed by atoms with Crippen LogP contribution >= 0.6 is 0 Å². The Balaban J connectivity index is 1.58. The zero-order chi connectivity index (χ0) is 17.3. The number of carbonyl (C=O) groups excluding carboxylic acids is 2. The van der Waals surface area contributed by atoms with Crippen LogP contribution in [0.25, 0.3) is 0 Å². The fourth-order valence-electron chi connectivity index (χ4n) is 3.01. The SMILES string of the molecule is CC(C)(C)NC(=O)N1CCN(C(=O)c2ccc3c(c2)CCO3)CC1. The van der Waals surface area contributed by atoms with Gasteiger partial charge in [0, 0.05) is 43.7 Å². The fourth-order valence-corrected chi connectivity index (χ4v) is 3.01. The lowest BCUT2D eigenvalue weighted by molar-refractivity contribution is 0.0661. The van der Waals surface area contributed by atoms with Crippen molar-refractivity contribution in [2.45, 2.75) is 32.7 Å². The number of hydrogen-bond donors (Lipinski definition) is 1. The van der Waals surface area contributed by atoms with Crippen molar-refractivity contribution in [3.8, 4) is 5.75 Å². The van der Waals surface area contributed by atoms with Crippen molar-refractivity contribution in [1.29, 1.82) is 0 Å². The maximum atomic E-state index is 12.7. The Morgan fingerprint density at radius 2 is 1.75 bits per heavy atom. The van der Waals surface area contributed by atoms with Gasteiger partial charge in [0.25, 0.3) is 5.91 Å². The van der Waals surface area contributed by atoms with Crippen LogP contribution in [0.2, 0.25) is 0 Å². The Morgan fingerprint density at radius 3 is 2.42 bits per heavy atom. The van der Waals surface area contributed by atoms with E-state index in [1.54, 1.807) is 4.90 Å². The summed E-state index contributed by atoms with van der Waals surface area (Å²) in [6.45, 7) is 8.80. The van der Waals surface area contributed by atoms with E-state index >= 15 is 0 Å². The van der Waals surface area contributed by atoms with E-state index in [4.69, 9.17) is 4.74 Å². The van der Waals surface area contributed by atoms with Crippen LogP contribution in [0.3, 0.4) is 0 Å². The highest BCUT2D eigenvalue weighted by molar-refractivity contribution is 5.95. The van der Waals surface area contributed by atoms with Crippen LogP contribution in [0.5, 0.6) is 5.75 Å². The van der Waals surface area contributed by atoms with Gasteiger partial charge in [-0.1, -0.05) is 0 Å². The van der Waals surface area contributed by atoms with E-state index < -0.39 is 0 Å². The van der Waals surface area contributed by atoms with Gasteiger partial charge in [-0.2, -0.15) is 0 Å². The maximum absolute atomic E-state index is 12.7. The van der Waals surface area contributed by atoms with E-state index in [0.717, 1.165) is 17.7 Å². The first-order valence-corrected chi connectivity index (χ1v) is 8.45. The lowest BCUT2D eigenvalue weighted by atomic mass is 10.1. The topological polar surface area (TPSA) is 61.9 Å². The molecule has 0 bridgehead atoms. The summed E-state index contributed by atoms with van der Waals surface area (Å²) in [5, 5.41) is 2.96. The van der Waals surface area contributed by atoms with Gasteiger partial charge in [0.15, 0.2) is 0 Å². The molecule has 6 nitrogen and oxygen atoms in total. The van der Waals surface area contributed by atoms with Crippen molar-refractivity contribution >= 4 is 11.9 Å². The minimum Gasteiger partial charge on any atom is -0.493 e.